The molecule has 4 rings (SSSR count). The molecule has 3 N–H and O–H groups in total. The second kappa shape index (κ2) is 13.4. The van der Waals surface area contributed by atoms with Crippen molar-refractivity contribution < 1.29 is 18.3 Å². The molecule has 10 nitrogen and oxygen atoms in total. The van der Waals surface area contributed by atoms with Gasteiger partial charge in [0.2, 0.25) is 11.9 Å². The number of halogens is 2. The average molecular weight is 567 g/mol. The Morgan fingerprint density at radius 1 is 1.12 bits per heavy atom. The Hall–Kier alpha value is -4.29. The smallest absolute Gasteiger partial charge is 0.387 e. The van der Waals surface area contributed by atoms with Crippen LogP contribution in [0.1, 0.15) is 11.5 Å². The first-order valence-electron chi connectivity index (χ1n) is 13.2. The number of nitrogens with zero attached hydrogens (tertiary/aromatic N) is 5. The summed E-state index contributed by atoms with van der Waals surface area (Å²) in [6, 6.07) is 12.9. The van der Waals surface area contributed by atoms with E-state index in [9.17, 15) is 13.6 Å². The van der Waals surface area contributed by atoms with E-state index >= 15 is 0 Å². The molecule has 0 aliphatic carbocycles. The molecule has 2 heterocycles. The largest absolute Gasteiger partial charge is 0.433 e. The lowest BCUT2D eigenvalue weighted by Crippen LogP contribution is -2.41. The molecule has 1 aromatic heterocycles. The number of likely N-dealkylation sites (tertiary alicyclic amines) is 1. The maximum absolute atomic E-state index is 13.4. The fourth-order valence-electron chi connectivity index (χ4n) is 4.44. The summed E-state index contributed by atoms with van der Waals surface area (Å²) in [6.07, 6.45) is 2.68. The molecule has 1 amide bonds. The number of hydrogen-bond donors (Lipinski definition) is 3. The van der Waals surface area contributed by atoms with E-state index < -0.39 is 12.5 Å². The van der Waals surface area contributed by atoms with Gasteiger partial charge >= 0.3 is 6.61 Å². The Kier molecular flexibility index (Phi) is 9.69. The highest BCUT2D eigenvalue weighted by Crippen LogP contribution is 2.39. The molecule has 12 heteroatoms. The van der Waals surface area contributed by atoms with Gasteiger partial charge in [0.15, 0.2) is 5.75 Å². The Morgan fingerprint density at radius 2 is 1.85 bits per heavy atom. The number of hydrogen-bond acceptors (Lipinski definition) is 9. The number of ether oxygens (including phenoxy) is 1. The Balaban J connectivity index is 1.58. The highest BCUT2D eigenvalue weighted by molar-refractivity contribution is 6.02. The molecule has 0 atom stereocenters. The normalized spacial score (nSPS) is 13.6. The van der Waals surface area contributed by atoms with Gasteiger partial charge in [-0.05, 0) is 57.0 Å². The summed E-state index contributed by atoms with van der Waals surface area (Å²) in [6.45, 7) is 3.81. The molecule has 0 unspecified atom stereocenters. The molecule has 1 saturated heterocycles. The third-order valence-corrected chi connectivity index (χ3v) is 6.67. The van der Waals surface area contributed by atoms with Gasteiger partial charge in [-0.15, -0.1) is 0 Å². The van der Waals surface area contributed by atoms with Gasteiger partial charge in [0.25, 0.3) is 0 Å². The zero-order valence-corrected chi connectivity index (χ0v) is 23.7. The monoisotopic (exact) mass is 566 g/mol. The number of aromatic nitrogens is 2. The zero-order valence-electron chi connectivity index (χ0n) is 23.7. The molecule has 41 heavy (non-hydrogen) atoms. The Bertz CT molecular complexity index is 1350. The summed E-state index contributed by atoms with van der Waals surface area (Å²) < 4.78 is 31.7. The van der Waals surface area contributed by atoms with Crippen molar-refractivity contribution in [1.82, 2.24) is 19.8 Å². The number of amides is 1. The Labute approximate surface area is 239 Å². The van der Waals surface area contributed by atoms with Gasteiger partial charge in [0.1, 0.15) is 5.82 Å². The van der Waals surface area contributed by atoms with E-state index in [0.29, 0.717) is 36.2 Å². The fraction of sp³-hybridized carbons (Fsp3) is 0.345. The predicted octanol–water partition coefficient (Wildman–Crippen LogP) is 4.72. The van der Waals surface area contributed by atoms with Gasteiger partial charge in [-0.2, -0.15) is 13.8 Å². The third kappa shape index (κ3) is 8.12. The number of anilines is 6. The first-order valence-corrected chi connectivity index (χ1v) is 13.2. The van der Waals surface area contributed by atoms with Crippen LogP contribution >= 0.6 is 0 Å². The number of carbonyl (C=O) groups excluding carboxylic acids is 1. The van der Waals surface area contributed by atoms with E-state index in [1.165, 1.54) is 17.7 Å². The second-order valence-electron chi connectivity index (χ2n) is 10.2. The van der Waals surface area contributed by atoms with E-state index in [1.807, 2.05) is 36.0 Å². The third-order valence-electron chi connectivity index (χ3n) is 6.67. The van der Waals surface area contributed by atoms with Crippen LogP contribution in [-0.2, 0) is 4.79 Å². The summed E-state index contributed by atoms with van der Waals surface area (Å²) in [7, 11) is 7.77. The molecule has 1 fully saturated rings. The van der Waals surface area contributed by atoms with Crippen LogP contribution in [0.5, 0.6) is 5.75 Å². The Morgan fingerprint density at radius 3 is 2.49 bits per heavy atom. The van der Waals surface area contributed by atoms with Crippen LogP contribution in [0.25, 0.3) is 0 Å². The van der Waals surface area contributed by atoms with Crippen LogP contribution in [0.3, 0.4) is 0 Å². The summed E-state index contributed by atoms with van der Waals surface area (Å²) in [5, 5.41) is 8.97. The number of benzene rings is 2. The van der Waals surface area contributed by atoms with Crippen LogP contribution in [0, 0.1) is 0 Å². The van der Waals surface area contributed by atoms with E-state index in [0.717, 1.165) is 24.9 Å². The molecule has 1 aliphatic heterocycles. The molecule has 0 saturated carbocycles. The van der Waals surface area contributed by atoms with Gasteiger partial charge < -0.3 is 35.4 Å². The summed E-state index contributed by atoms with van der Waals surface area (Å²) >= 11 is 0. The molecular weight excluding hydrogens is 530 g/mol. The molecule has 0 radical (unpaired) electrons. The molecule has 218 valence electrons. The topological polar surface area (TPSA) is 97.9 Å². The molecular formula is C29H36F2N8O2. The maximum Gasteiger partial charge on any atom is 0.387 e. The molecule has 3 aromatic rings. The van der Waals surface area contributed by atoms with Crippen LogP contribution < -0.4 is 25.6 Å². The lowest BCUT2D eigenvalue weighted by atomic mass is 9.92. The number of alkyl halides is 2. The summed E-state index contributed by atoms with van der Waals surface area (Å²) in [5.74, 6) is 0.642. The van der Waals surface area contributed by atoms with E-state index in [4.69, 9.17) is 4.74 Å². The lowest BCUT2D eigenvalue weighted by Gasteiger charge is -2.36. The molecule has 2 aromatic carbocycles. The van der Waals surface area contributed by atoms with Crippen LogP contribution in [0.15, 0.2) is 61.3 Å². The predicted molar refractivity (Wildman–Crippen MR) is 159 cm³/mol. The van der Waals surface area contributed by atoms with Crippen molar-refractivity contribution in [2.75, 3.05) is 75.2 Å². The van der Waals surface area contributed by atoms with Crippen molar-refractivity contribution in [2.24, 2.45) is 0 Å². The molecule has 0 spiro atoms. The number of carbonyl (C=O) groups is 1. The SMILES string of the molecule is C=CC(=O)Nc1cc(Nc2nccc(Nc3ccc(C4CN(C)C4)cc3)n2)c(OC(F)F)cc1N(C)CCN(C)C. The maximum atomic E-state index is 13.4. The van der Waals surface area contributed by atoms with Crippen molar-refractivity contribution >= 4 is 40.4 Å². The van der Waals surface area contributed by atoms with Gasteiger partial charge in [-0.1, -0.05) is 18.7 Å². The standard InChI is InChI=1S/C29H36F2N8O2/c1-6-27(40)34-22-15-23(25(41-28(30)31)16-24(22)39(5)14-13-37(2)3)35-29-32-12-11-26(36-29)33-21-9-7-19(8-10-21)20-17-38(4)18-20/h6-12,15-16,20,28H,1,13-14,17-18H2,2-5H3,(H,34,40)(H2,32,33,35,36). The highest BCUT2D eigenvalue weighted by Gasteiger charge is 2.24. The van der Waals surface area contributed by atoms with Crippen molar-refractivity contribution in [3.8, 4) is 5.75 Å². The minimum Gasteiger partial charge on any atom is -0.433 e. The zero-order chi connectivity index (χ0) is 29.5. The quantitative estimate of drug-likeness (QED) is 0.254. The van der Waals surface area contributed by atoms with Crippen LogP contribution in [0.2, 0.25) is 0 Å². The van der Waals surface area contributed by atoms with Crippen molar-refractivity contribution in [3.05, 3.63) is 66.9 Å². The second-order valence-corrected chi connectivity index (χ2v) is 10.2. The van der Waals surface area contributed by atoms with Gasteiger partial charge in [-0.3, -0.25) is 4.79 Å². The first-order chi connectivity index (χ1) is 19.6. The molecule has 0 bridgehead atoms. The minimum atomic E-state index is -3.07. The number of likely N-dealkylation sites (N-methyl/N-ethyl adjacent to an activating group) is 3. The number of nitrogens with one attached hydrogen (secondary N) is 3. The van der Waals surface area contributed by atoms with Crippen LogP contribution in [0.4, 0.5) is 43.3 Å². The van der Waals surface area contributed by atoms with Crippen molar-refractivity contribution in [3.63, 3.8) is 0 Å². The van der Waals surface area contributed by atoms with Crippen LogP contribution in [-0.4, -0.2) is 86.7 Å². The average Bonchev–Trinajstić information content (AvgIpc) is 2.91. The van der Waals surface area contributed by atoms with E-state index in [1.54, 1.807) is 19.3 Å². The highest BCUT2D eigenvalue weighted by atomic mass is 19.3. The van der Waals surface area contributed by atoms with Crippen molar-refractivity contribution in [1.29, 1.82) is 0 Å². The summed E-state index contributed by atoms with van der Waals surface area (Å²) in [4.78, 5) is 27.0. The fourth-order valence-corrected chi connectivity index (χ4v) is 4.44. The van der Waals surface area contributed by atoms with Gasteiger partial charge in [0, 0.05) is 57.1 Å². The summed E-state index contributed by atoms with van der Waals surface area (Å²) in [5.41, 5.74) is 3.18. The van der Waals surface area contributed by atoms with Crippen molar-refractivity contribution in [2.45, 2.75) is 12.5 Å². The minimum absolute atomic E-state index is 0.123. The lowest BCUT2D eigenvalue weighted by molar-refractivity contribution is -0.111. The van der Waals surface area contributed by atoms with E-state index in [-0.39, 0.29) is 17.4 Å². The van der Waals surface area contributed by atoms with Gasteiger partial charge in [-0.25, -0.2) is 4.98 Å². The first kappa shape index (κ1) is 29.7. The number of rotatable bonds is 13. The van der Waals surface area contributed by atoms with Gasteiger partial charge in [0.05, 0.1) is 17.1 Å². The molecule has 1 aliphatic rings. The van der Waals surface area contributed by atoms with E-state index in [2.05, 4.69) is 56.6 Å².